The number of carbonyl (C=O) groups excluding carboxylic acids is 2. The van der Waals surface area contributed by atoms with Crippen LogP contribution in [-0.2, 0) is 17.1 Å². The summed E-state index contributed by atoms with van der Waals surface area (Å²) >= 11 is 0. The fourth-order valence-corrected chi connectivity index (χ4v) is 3.13. The van der Waals surface area contributed by atoms with E-state index in [-0.39, 0.29) is 30.8 Å². The van der Waals surface area contributed by atoms with Crippen molar-refractivity contribution in [2.45, 2.75) is 25.2 Å². The maximum atomic E-state index is 13.2. The van der Waals surface area contributed by atoms with Crippen molar-refractivity contribution in [2.24, 2.45) is 0 Å². The minimum Gasteiger partial charge on any atom is -0.324 e. The third-order valence-corrected chi connectivity index (χ3v) is 4.63. The van der Waals surface area contributed by atoms with E-state index < -0.39 is 35.0 Å². The smallest absolute Gasteiger partial charge is 0.324 e. The first-order chi connectivity index (χ1) is 14.0. The fraction of sp³-hybridized carbons (Fsp3) is 0.300. The monoisotopic (exact) mass is 430 g/mol. The summed E-state index contributed by atoms with van der Waals surface area (Å²) in [6.45, 7) is 0.0606. The number of hydrogen-bond acceptors (Lipinski definition) is 2. The Bertz CT molecular complexity index is 908. The van der Waals surface area contributed by atoms with E-state index in [1.54, 1.807) is 18.2 Å². The summed E-state index contributed by atoms with van der Waals surface area (Å²) in [5.74, 6) is -1.32. The Labute approximate surface area is 167 Å². The molecule has 30 heavy (non-hydrogen) atoms. The highest BCUT2D eigenvalue weighted by Crippen LogP contribution is 2.37. The zero-order valence-electron chi connectivity index (χ0n) is 15.4. The molecular weight excluding hydrogens is 414 g/mol. The lowest BCUT2D eigenvalue weighted by molar-refractivity contribution is -0.143. The average molecular weight is 430 g/mol. The van der Waals surface area contributed by atoms with Gasteiger partial charge in [0, 0.05) is 24.2 Å². The standard InChI is InChI=1S/C20H16F6N2O2/c21-19(22,23)14-9-13(10-15(11-14)20(24,25)26)18(30)28(16-5-2-1-3-6-16)12-27-8-4-7-17(27)29/h1-3,5-6,9-11H,4,7-8,12H2. The number of nitrogens with zero attached hydrogens (tertiary/aromatic N) is 2. The van der Waals surface area contributed by atoms with Gasteiger partial charge in [-0.05, 0) is 36.8 Å². The molecule has 0 aromatic heterocycles. The lowest BCUT2D eigenvalue weighted by Gasteiger charge is -2.28. The first-order valence-electron chi connectivity index (χ1n) is 8.91. The fourth-order valence-electron chi connectivity index (χ4n) is 3.13. The van der Waals surface area contributed by atoms with E-state index >= 15 is 0 Å². The number of amides is 2. The number of para-hydroxylation sites is 1. The molecule has 0 N–H and O–H groups in total. The molecule has 0 saturated carbocycles. The third kappa shape index (κ3) is 4.74. The van der Waals surface area contributed by atoms with Crippen molar-refractivity contribution in [3.05, 3.63) is 65.2 Å². The molecule has 0 unspecified atom stereocenters. The third-order valence-electron chi connectivity index (χ3n) is 4.63. The molecule has 0 radical (unpaired) electrons. The molecule has 1 saturated heterocycles. The van der Waals surface area contributed by atoms with Crippen LogP contribution in [0.2, 0.25) is 0 Å². The number of benzene rings is 2. The highest BCUT2D eigenvalue weighted by Gasteiger charge is 2.38. The molecular formula is C20H16F6N2O2. The normalized spacial score (nSPS) is 14.9. The highest BCUT2D eigenvalue weighted by atomic mass is 19.4. The van der Waals surface area contributed by atoms with Crippen LogP contribution in [0.4, 0.5) is 32.0 Å². The van der Waals surface area contributed by atoms with Gasteiger partial charge in [-0.3, -0.25) is 14.5 Å². The van der Waals surface area contributed by atoms with Gasteiger partial charge in [0.2, 0.25) is 5.91 Å². The number of likely N-dealkylation sites (tertiary alicyclic amines) is 1. The molecule has 2 aromatic carbocycles. The molecule has 1 aliphatic heterocycles. The van der Waals surface area contributed by atoms with Crippen LogP contribution in [0.15, 0.2) is 48.5 Å². The van der Waals surface area contributed by atoms with Gasteiger partial charge >= 0.3 is 12.4 Å². The van der Waals surface area contributed by atoms with E-state index in [0.717, 1.165) is 4.90 Å². The summed E-state index contributed by atoms with van der Waals surface area (Å²) < 4.78 is 78.9. The maximum Gasteiger partial charge on any atom is 0.416 e. The summed E-state index contributed by atoms with van der Waals surface area (Å²) in [4.78, 5) is 27.3. The summed E-state index contributed by atoms with van der Waals surface area (Å²) in [5, 5.41) is 0. The van der Waals surface area contributed by atoms with Crippen LogP contribution in [0.3, 0.4) is 0 Å². The van der Waals surface area contributed by atoms with Gasteiger partial charge in [-0.2, -0.15) is 26.3 Å². The minimum absolute atomic E-state index is 0.0341. The van der Waals surface area contributed by atoms with Crippen LogP contribution in [0, 0.1) is 0 Å². The van der Waals surface area contributed by atoms with Gasteiger partial charge in [-0.25, -0.2) is 0 Å². The van der Waals surface area contributed by atoms with E-state index in [4.69, 9.17) is 0 Å². The van der Waals surface area contributed by atoms with Crippen LogP contribution in [0.5, 0.6) is 0 Å². The number of halogens is 6. The zero-order chi connectivity index (χ0) is 22.1. The van der Waals surface area contributed by atoms with Crippen molar-refractivity contribution in [3.8, 4) is 0 Å². The molecule has 0 aliphatic carbocycles. The van der Waals surface area contributed by atoms with Crippen molar-refractivity contribution < 1.29 is 35.9 Å². The number of hydrogen-bond donors (Lipinski definition) is 0. The molecule has 1 aliphatic rings. The van der Waals surface area contributed by atoms with Crippen molar-refractivity contribution in [3.63, 3.8) is 0 Å². The topological polar surface area (TPSA) is 40.6 Å². The Morgan fingerprint density at radius 2 is 1.50 bits per heavy atom. The summed E-state index contributed by atoms with van der Waals surface area (Å²) in [6.07, 6.45) is -9.33. The van der Waals surface area contributed by atoms with E-state index in [1.165, 1.54) is 17.0 Å². The van der Waals surface area contributed by atoms with Crippen molar-refractivity contribution >= 4 is 17.5 Å². The average Bonchev–Trinajstić information content (AvgIpc) is 3.09. The first kappa shape index (κ1) is 21.7. The lowest BCUT2D eigenvalue weighted by Crippen LogP contribution is -2.42. The number of rotatable bonds is 4. The maximum absolute atomic E-state index is 13.2. The molecule has 160 valence electrons. The van der Waals surface area contributed by atoms with Crippen LogP contribution < -0.4 is 4.90 Å². The number of carbonyl (C=O) groups is 2. The van der Waals surface area contributed by atoms with E-state index in [1.807, 2.05) is 0 Å². The van der Waals surface area contributed by atoms with Crippen LogP contribution in [-0.4, -0.2) is 29.9 Å². The lowest BCUT2D eigenvalue weighted by atomic mass is 10.0. The second kappa shape index (κ2) is 8.00. The van der Waals surface area contributed by atoms with Crippen LogP contribution >= 0.6 is 0 Å². The number of anilines is 1. The highest BCUT2D eigenvalue weighted by molar-refractivity contribution is 6.06. The molecule has 2 amide bonds. The Morgan fingerprint density at radius 1 is 0.933 bits per heavy atom. The van der Waals surface area contributed by atoms with Gasteiger partial charge in [-0.15, -0.1) is 0 Å². The Morgan fingerprint density at radius 3 is 1.97 bits per heavy atom. The predicted molar refractivity (Wildman–Crippen MR) is 95.5 cm³/mol. The van der Waals surface area contributed by atoms with Gasteiger partial charge in [-0.1, -0.05) is 18.2 Å². The van der Waals surface area contributed by atoms with Gasteiger partial charge in [0.15, 0.2) is 0 Å². The summed E-state index contributed by atoms with van der Waals surface area (Å²) in [5.41, 5.74) is -3.68. The molecule has 4 nitrogen and oxygen atoms in total. The summed E-state index contributed by atoms with van der Waals surface area (Å²) in [7, 11) is 0. The zero-order valence-corrected chi connectivity index (χ0v) is 15.4. The van der Waals surface area contributed by atoms with Crippen molar-refractivity contribution in [2.75, 3.05) is 18.1 Å². The van der Waals surface area contributed by atoms with Crippen molar-refractivity contribution in [1.82, 2.24) is 4.90 Å². The second-order valence-electron chi connectivity index (χ2n) is 6.77. The molecule has 1 fully saturated rings. The molecule has 10 heteroatoms. The van der Waals surface area contributed by atoms with Crippen molar-refractivity contribution in [1.29, 1.82) is 0 Å². The van der Waals surface area contributed by atoms with Gasteiger partial charge in [0.05, 0.1) is 11.1 Å². The van der Waals surface area contributed by atoms with E-state index in [9.17, 15) is 35.9 Å². The largest absolute Gasteiger partial charge is 0.416 e. The molecule has 0 atom stereocenters. The minimum atomic E-state index is -5.07. The first-order valence-corrected chi connectivity index (χ1v) is 8.91. The predicted octanol–water partition coefficient (Wildman–Crippen LogP) is 4.95. The van der Waals surface area contributed by atoms with Crippen LogP contribution in [0.25, 0.3) is 0 Å². The summed E-state index contributed by atoms with van der Waals surface area (Å²) in [6, 6.07) is 8.47. The van der Waals surface area contributed by atoms with Gasteiger partial charge in [0.1, 0.15) is 6.67 Å². The van der Waals surface area contributed by atoms with Gasteiger partial charge in [0.25, 0.3) is 5.91 Å². The van der Waals surface area contributed by atoms with E-state index in [0.29, 0.717) is 25.1 Å². The SMILES string of the molecule is O=C1CCCN1CN(C(=O)c1cc(C(F)(F)F)cc(C(F)(F)F)c1)c1ccccc1. The van der Waals surface area contributed by atoms with Gasteiger partial charge < -0.3 is 4.90 Å². The molecule has 3 rings (SSSR count). The molecule has 1 heterocycles. The Hall–Kier alpha value is -3.04. The Balaban J connectivity index is 2.06. The molecule has 0 spiro atoms. The number of alkyl halides is 6. The Kier molecular flexibility index (Phi) is 5.78. The molecule has 0 bridgehead atoms. The quantitative estimate of drug-likeness (QED) is 0.644. The second-order valence-corrected chi connectivity index (χ2v) is 6.77. The van der Waals surface area contributed by atoms with Crippen LogP contribution in [0.1, 0.15) is 34.3 Å². The van der Waals surface area contributed by atoms with E-state index in [2.05, 4.69) is 0 Å². The molecule has 2 aromatic rings.